The highest BCUT2D eigenvalue weighted by atomic mass is 35.5. The molecule has 1 aliphatic rings. The van der Waals surface area contributed by atoms with E-state index in [4.69, 9.17) is 21.1 Å². The van der Waals surface area contributed by atoms with Gasteiger partial charge in [0.2, 0.25) is 5.91 Å². The third kappa shape index (κ3) is 3.78. The van der Waals surface area contributed by atoms with E-state index in [2.05, 4.69) is 5.32 Å². The van der Waals surface area contributed by atoms with Crippen molar-refractivity contribution in [2.45, 2.75) is 31.2 Å². The first-order chi connectivity index (χ1) is 13.0. The van der Waals surface area contributed by atoms with Gasteiger partial charge in [-0.3, -0.25) is 4.79 Å². The highest BCUT2D eigenvalue weighted by molar-refractivity contribution is 6.30. The molecule has 2 aromatic carbocycles. The quantitative estimate of drug-likeness (QED) is 0.764. The number of rotatable bonds is 6. The monoisotopic (exact) mass is 387 g/mol. The van der Waals surface area contributed by atoms with Crippen LogP contribution in [0.2, 0.25) is 5.02 Å². The molecule has 3 rings (SSSR count). The summed E-state index contributed by atoms with van der Waals surface area (Å²) in [6.07, 6.45) is 2.65. The molecule has 1 saturated carbocycles. The predicted octanol–water partition coefficient (Wildman–Crippen LogP) is 3.87. The van der Waals surface area contributed by atoms with E-state index in [0.29, 0.717) is 22.9 Å². The SMILES string of the molecule is COC(=O)c1cc(CNC(=O)C2(c3ccc(Cl)cc3)CCC2)ccc1OC. The lowest BCUT2D eigenvalue weighted by atomic mass is 9.64. The minimum absolute atomic E-state index is 0.00786. The van der Waals surface area contributed by atoms with Crippen LogP contribution in [0.4, 0.5) is 0 Å². The molecule has 1 N–H and O–H groups in total. The molecule has 1 aliphatic carbocycles. The predicted molar refractivity (Wildman–Crippen MR) is 103 cm³/mol. The maximum absolute atomic E-state index is 12.9. The highest BCUT2D eigenvalue weighted by Crippen LogP contribution is 2.44. The Morgan fingerprint density at radius 2 is 1.81 bits per heavy atom. The summed E-state index contributed by atoms with van der Waals surface area (Å²) in [6.45, 7) is 0.322. The summed E-state index contributed by atoms with van der Waals surface area (Å²) >= 11 is 5.97. The molecule has 0 spiro atoms. The number of methoxy groups -OCH3 is 2. The van der Waals surface area contributed by atoms with E-state index in [1.807, 2.05) is 30.3 Å². The van der Waals surface area contributed by atoms with Crippen LogP contribution in [0.5, 0.6) is 5.75 Å². The highest BCUT2D eigenvalue weighted by Gasteiger charge is 2.45. The van der Waals surface area contributed by atoms with E-state index in [9.17, 15) is 9.59 Å². The van der Waals surface area contributed by atoms with Crippen molar-refractivity contribution in [1.82, 2.24) is 5.32 Å². The number of hydrogen-bond acceptors (Lipinski definition) is 4. The van der Waals surface area contributed by atoms with E-state index in [1.54, 1.807) is 12.1 Å². The van der Waals surface area contributed by atoms with Gasteiger partial charge in [0.1, 0.15) is 11.3 Å². The van der Waals surface area contributed by atoms with Crippen LogP contribution in [0, 0.1) is 0 Å². The number of amides is 1. The molecular formula is C21H22ClNO4. The smallest absolute Gasteiger partial charge is 0.341 e. The van der Waals surface area contributed by atoms with Gasteiger partial charge in [-0.15, -0.1) is 0 Å². The minimum atomic E-state index is -0.498. The van der Waals surface area contributed by atoms with Crippen LogP contribution in [0.3, 0.4) is 0 Å². The number of nitrogens with one attached hydrogen (secondary N) is 1. The van der Waals surface area contributed by atoms with Crippen molar-refractivity contribution in [3.05, 3.63) is 64.2 Å². The van der Waals surface area contributed by atoms with Crippen molar-refractivity contribution >= 4 is 23.5 Å². The van der Waals surface area contributed by atoms with Gasteiger partial charge in [-0.1, -0.05) is 36.2 Å². The average Bonchev–Trinajstić information content (AvgIpc) is 2.66. The first-order valence-electron chi connectivity index (χ1n) is 8.80. The molecular weight excluding hydrogens is 366 g/mol. The standard InChI is InChI=1S/C21H22ClNO4/c1-26-18-9-4-14(12-17(18)19(24)27-2)13-23-20(25)21(10-3-11-21)15-5-7-16(22)8-6-15/h4-9,12H,3,10-11,13H2,1-2H3,(H,23,25). The number of hydrogen-bond donors (Lipinski definition) is 1. The molecule has 2 aromatic rings. The Kier molecular flexibility index (Phi) is 5.71. The van der Waals surface area contributed by atoms with Crippen LogP contribution < -0.4 is 10.1 Å². The Hall–Kier alpha value is -2.53. The summed E-state index contributed by atoms with van der Waals surface area (Å²) in [5.41, 5.74) is 1.63. The summed E-state index contributed by atoms with van der Waals surface area (Å²) in [5, 5.41) is 3.67. The number of ether oxygens (including phenoxy) is 2. The lowest BCUT2D eigenvalue weighted by Gasteiger charge is -2.40. The van der Waals surface area contributed by atoms with E-state index >= 15 is 0 Å². The molecule has 1 amide bonds. The Balaban J connectivity index is 1.75. The summed E-state index contributed by atoms with van der Waals surface area (Å²) in [7, 11) is 2.82. The summed E-state index contributed by atoms with van der Waals surface area (Å²) < 4.78 is 9.99. The largest absolute Gasteiger partial charge is 0.496 e. The molecule has 0 saturated heterocycles. The van der Waals surface area contributed by atoms with Gasteiger partial charge in [0, 0.05) is 11.6 Å². The topological polar surface area (TPSA) is 64.6 Å². The van der Waals surface area contributed by atoms with Gasteiger partial charge in [-0.2, -0.15) is 0 Å². The summed E-state index contributed by atoms with van der Waals surface area (Å²) in [5.74, 6) is -0.0447. The Morgan fingerprint density at radius 1 is 1.11 bits per heavy atom. The second-order valence-corrected chi connectivity index (χ2v) is 7.09. The van der Waals surface area contributed by atoms with Crippen LogP contribution in [-0.2, 0) is 21.5 Å². The van der Waals surface area contributed by atoms with Crippen LogP contribution in [0.25, 0.3) is 0 Å². The molecule has 0 atom stereocenters. The van der Waals surface area contributed by atoms with Crippen LogP contribution in [0.15, 0.2) is 42.5 Å². The number of carbonyl (C=O) groups excluding carboxylic acids is 2. The fourth-order valence-corrected chi connectivity index (χ4v) is 3.56. The lowest BCUT2D eigenvalue weighted by molar-refractivity contribution is -0.130. The Morgan fingerprint density at radius 3 is 2.37 bits per heavy atom. The maximum Gasteiger partial charge on any atom is 0.341 e. The summed E-state index contributed by atoms with van der Waals surface area (Å²) in [4.78, 5) is 24.9. The molecule has 0 aliphatic heterocycles. The molecule has 0 bridgehead atoms. The van der Waals surface area contributed by atoms with Crippen molar-refractivity contribution in [1.29, 1.82) is 0 Å². The van der Waals surface area contributed by atoms with Gasteiger partial charge in [0.05, 0.1) is 19.6 Å². The van der Waals surface area contributed by atoms with Crippen molar-refractivity contribution in [2.24, 2.45) is 0 Å². The molecule has 142 valence electrons. The second-order valence-electron chi connectivity index (χ2n) is 6.65. The zero-order valence-electron chi connectivity index (χ0n) is 15.4. The molecule has 6 heteroatoms. The van der Waals surface area contributed by atoms with Crippen LogP contribution >= 0.6 is 11.6 Å². The minimum Gasteiger partial charge on any atom is -0.496 e. The fourth-order valence-electron chi connectivity index (χ4n) is 3.43. The van der Waals surface area contributed by atoms with Gasteiger partial charge in [-0.25, -0.2) is 4.79 Å². The van der Waals surface area contributed by atoms with Crippen molar-refractivity contribution in [3.63, 3.8) is 0 Å². The normalized spacial score (nSPS) is 14.8. The average molecular weight is 388 g/mol. The van der Waals surface area contributed by atoms with Gasteiger partial charge in [0.15, 0.2) is 0 Å². The van der Waals surface area contributed by atoms with Crippen LogP contribution in [-0.4, -0.2) is 26.1 Å². The zero-order chi connectivity index (χ0) is 19.4. The van der Waals surface area contributed by atoms with E-state index in [1.165, 1.54) is 14.2 Å². The Labute approximate surface area is 163 Å². The molecule has 5 nitrogen and oxygen atoms in total. The van der Waals surface area contributed by atoms with Gasteiger partial charge in [0.25, 0.3) is 0 Å². The summed E-state index contributed by atoms with van der Waals surface area (Å²) in [6, 6.07) is 12.7. The Bertz CT molecular complexity index is 844. The number of esters is 1. The van der Waals surface area contributed by atoms with Crippen molar-refractivity contribution < 1.29 is 19.1 Å². The van der Waals surface area contributed by atoms with Gasteiger partial charge >= 0.3 is 5.97 Å². The van der Waals surface area contributed by atoms with Crippen molar-refractivity contribution in [2.75, 3.05) is 14.2 Å². The molecule has 0 heterocycles. The molecule has 0 unspecified atom stereocenters. The molecule has 0 radical (unpaired) electrons. The van der Waals surface area contributed by atoms with Crippen molar-refractivity contribution in [3.8, 4) is 5.75 Å². The first-order valence-corrected chi connectivity index (χ1v) is 9.17. The molecule has 1 fully saturated rings. The first kappa shape index (κ1) is 19.2. The zero-order valence-corrected chi connectivity index (χ0v) is 16.1. The lowest BCUT2D eigenvalue weighted by Crippen LogP contribution is -2.49. The van der Waals surface area contributed by atoms with E-state index < -0.39 is 11.4 Å². The number of halogens is 1. The van der Waals surface area contributed by atoms with E-state index in [0.717, 1.165) is 30.4 Å². The second kappa shape index (κ2) is 8.01. The third-order valence-electron chi connectivity index (χ3n) is 5.16. The van der Waals surface area contributed by atoms with Crippen LogP contribution in [0.1, 0.15) is 40.7 Å². The number of benzene rings is 2. The molecule has 0 aromatic heterocycles. The third-order valence-corrected chi connectivity index (χ3v) is 5.41. The van der Waals surface area contributed by atoms with E-state index in [-0.39, 0.29) is 5.91 Å². The number of carbonyl (C=O) groups is 2. The maximum atomic E-state index is 12.9. The van der Waals surface area contributed by atoms with Gasteiger partial charge < -0.3 is 14.8 Å². The van der Waals surface area contributed by atoms with Gasteiger partial charge in [-0.05, 0) is 48.2 Å². The fraction of sp³-hybridized carbons (Fsp3) is 0.333. The molecule has 27 heavy (non-hydrogen) atoms.